The predicted octanol–water partition coefficient (Wildman–Crippen LogP) is 1.97. The number of nitrogens with zero attached hydrogens (tertiary/aromatic N) is 1. The molecule has 4 heteroatoms. The van der Waals surface area contributed by atoms with E-state index in [1.807, 2.05) is 30.3 Å². The van der Waals surface area contributed by atoms with Crippen LogP contribution in [-0.4, -0.2) is 35.9 Å². The molecule has 1 atom stereocenters. The largest absolute Gasteiger partial charge is 0.490 e. The standard InChI is InChI=1S/C15H20N2O2/c1-2-8-16-13(10-18)11-19-14-7-3-5-12-6-4-9-17-15(12)14/h3-7,9,13,16,18H,2,8,10-11H2,1H3. The van der Waals surface area contributed by atoms with Gasteiger partial charge in [-0.15, -0.1) is 0 Å². The van der Waals surface area contributed by atoms with Crippen molar-refractivity contribution in [3.8, 4) is 5.75 Å². The maximum absolute atomic E-state index is 9.29. The first-order valence-corrected chi connectivity index (χ1v) is 6.66. The number of para-hydroxylation sites is 1. The molecule has 1 aromatic heterocycles. The Kier molecular flexibility index (Phi) is 5.12. The number of aromatic nitrogens is 1. The number of fused-ring (bicyclic) bond motifs is 1. The molecule has 2 rings (SSSR count). The van der Waals surface area contributed by atoms with Crippen LogP contribution in [0.25, 0.3) is 10.9 Å². The van der Waals surface area contributed by atoms with Gasteiger partial charge < -0.3 is 15.2 Å². The van der Waals surface area contributed by atoms with E-state index in [0.717, 1.165) is 29.6 Å². The number of hydrogen-bond acceptors (Lipinski definition) is 4. The number of rotatable bonds is 7. The average molecular weight is 260 g/mol. The molecule has 0 fully saturated rings. The molecule has 2 aromatic rings. The molecule has 0 amide bonds. The van der Waals surface area contributed by atoms with Gasteiger partial charge in [0.25, 0.3) is 0 Å². The molecule has 2 N–H and O–H groups in total. The lowest BCUT2D eigenvalue weighted by atomic mass is 10.2. The maximum atomic E-state index is 9.29. The lowest BCUT2D eigenvalue weighted by Gasteiger charge is -2.17. The Morgan fingerprint density at radius 2 is 2.16 bits per heavy atom. The van der Waals surface area contributed by atoms with Crippen molar-refractivity contribution in [1.82, 2.24) is 10.3 Å². The van der Waals surface area contributed by atoms with E-state index in [-0.39, 0.29) is 12.6 Å². The first kappa shape index (κ1) is 13.8. The maximum Gasteiger partial charge on any atom is 0.145 e. The van der Waals surface area contributed by atoms with Gasteiger partial charge in [0.05, 0.1) is 12.6 Å². The summed E-state index contributed by atoms with van der Waals surface area (Å²) < 4.78 is 5.78. The van der Waals surface area contributed by atoms with Crippen LogP contribution in [0, 0.1) is 0 Å². The second-order valence-corrected chi connectivity index (χ2v) is 4.48. The van der Waals surface area contributed by atoms with Crippen molar-refractivity contribution < 1.29 is 9.84 Å². The van der Waals surface area contributed by atoms with Gasteiger partial charge in [-0.05, 0) is 25.1 Å². The summed E-state index contributed by atoms with van der Waals surface area (Å²) in [7, 11) is 0. The molecule has 1 unspecified atom stereocenters. The summed E-state index contributed by atoms with van der Waals surface area (Å²) in [6.45, 7) is 3.48. The highest BCUT2D eigenvalue weighted by Crippen LogP contribution is 2.22. The zero-order valence-corrected chi connectivity index (χ0v) is 11.2. The van der Waals surface area contributed by atoms with E-state index in [1.54, 1.807) is 6.20 Å². The number of aliphatic hydroxyl groups excluding tert-OH is 1. The number of aliphatic hydroxyl groups is 1. The fourth-order valence-corrected chi connectivity index (χ4v) is 1.91. The molecule has 19 heavy (non-hydrogen) atoms. The van der Waals surface area contributed by atoms with Crippen LogP contribution in [-0.2, 0) is 0 Å². The monoisotopic (exact) mass is 260 g/mol. The lowest BCUT2D eigenvalue weighted by Crippen LogP contribution is -2.38. The van der Waals surface area contributed by atoms with Crippen LogP contribution in [0.2, 0.25) is 0 Å². The van der Waals surface area contributed by atoms with Crippen molar-refractivity contribution in [2.45, 2.75) is 19.4 Å². The molecule has 0 saturated carbocycles. The van der Waals surface area contributed by atoms with Crippen molar-refractivity contribution in [1.29, 1.82) is 0 Å². The van der Waals surface area contributed by atoms with Crippen LogP contribution in [0.4, 0.5) is 0 Å². The molecule has 1 aromatic carbocycles. The first-order chi connectivity index (χ1) is 9.35. The molecule has 0 saturated heterocycles. The van der Waals surface area contributed by atoms with Crippen molar-refractivity contribution >= 4 is 10.9 Å². The van der Waals surface area contributed by atoms with Gasteiger partial charge in [-0.2, -0.15) is 0 Å². The van der Waals surface area contributed by atoms with Gasteiger partial charge in [0.1, 0.15) is 17.9 Å². The van der Waals surface area contributed by atoms with Crippen LogP contribution in [0.1, 0.15) is 13.3 Å². The van der Waals surface area contributed by atoms with Crippen LogP contribution in [0.5, 0.6) is 5.75 Å². The minimum absolute atomic E-state index is 0.0427. The average Bonchev–Trinajstić information content (AvgIpc) is 2.47. The van der Waals surface area contributed by atoms with E-state index >= 15 is 0 Å². The van der Waals surface area contributed by atoms with Crippen LogP contribution in [0.3, 0.4) is 0 Å². The van der Waals surface area contributed by atoms with Crippen LogP contribution in [0.15, 0.2) is 36.5 Å². The summed E-state index contributed by atoms with van der Waals surface area (Å²) in [5.74, 6) is 0.759. The molecular weight excluding hydrogens is 240 g/mol. The molecule has 1 heterocycles. The third-order valence-corrected chi connectivity index (χ3v) is 2.94. The number of benzene rings is 1. The predicted molar refractivity (Wildman–Crippen MR) is 76.4 cm³/mol. The van der Waals surface area contributed by atoms with Crippen molar-refractivity contribution in [2.24, 2.45) is 0 Å². The summed E-state index contributed by atoms with van der Waals surface area (Å²) in [5.41, 5.74) is 0.859. The van der Waals surface area contributed by atoms with E-state index in [4.69, 9.17) is 4.74 Å². The van der Waals surface area contributed by atoms with Crippen molar-refractivity contribution in [3.63, 3.8) is 0 Å². The van der Waals surface area contributed by atoms with E-state index < -0.39 is 0 Å². The number of pyridine rings is 1. The number of hydrogen-bond donors (Lipinski definition) is 2. The van der Waals surface area contributed by atoms with Gasteiger partial charge >= 0.3 is 0 Å². The summed E-state index contributed by atoms with van der Waals surface area (Å²) in [5, 5.41) is 13.6. The Bertz CT molecular complexity index is 511. The Balaban J connectivity index is 2.04. The van der Waals surface area contributed by atoms with Gasteiger partial charge in [0, 0.05) is 11.6 Å². The van der Waals surface area contributed by atoms with E-state index in [2.05, 4.69) is 17.2 Å². The smallest absolute Gasteiger partial charge is 0.145 e. The second kappa shape index (κ2) is 7.07. The topological polar surface area (TPSA) is 54.4 Å². The SMILES string of the molecule is CCCNC(CO)COc1cccc2cccnc12. The highest BCUT2D eigenvalue weighted by molar-refractivity contribution is 5.84. The summed E-state index contributed by atoms with van der Waals surface area (Å²) in [4.78, 5) is 4.34. The third kappa shape index (κ3) is 3.66. The minimum atomic E-state index is -0.0427. The Morgan fingerprint density at radius 1 is 1.32 bits per heavy atom. The van der Waals surface area contributed by atoms with E-state index in [1.165, 1.54) is 0 Å². The normalized spacial score (nSPS) is 12.5. The van der Waals surface area contributed by atoms with Crippen LogP contribution < -0.4 is 10.1 Å². The van der Waals surface area contributed by atoms with Gasteiger partial charge in [0.15, 0.2) is 0 Å². The van der Waals surface area contributed by atoms with E-state index in [9.17, 15) is 5.11 Å². The zero-order valence-electron chi connectivity index (χ0n) is 11.2. The zero-order chi connectivity index (χ0) is 13.5. The highest BCUT2D eigenvalue weighted by Gasteiger charge is 2.09. The molecule has 0 aliphatic heterocycles. The van der Waals surface area contributed by atoms with Gasteiger partial charge in [0.2, 0.25) is 0 Å². The molecule has 0 radical (unpaired) electrons. The highest BCUT2D eigenvalue weighted by atomic mass is 16.5. The molecule has 0 aliphatic carbocycles. The Hall–Kier alpha value is -1.65. The lowest BCUT2D eigenvalue weighted by molar-refractivity contribution is 0.184. The summed E-state index contributed by atoms with van der Waals surface area (Å²) >= 11 is 0. The fourth-order valence-electron chi connectivity index (χ4n) is 1.91. The molecule has 0 spiro atoms. The van der Waals surface area contributed by atoms with Crippen molar-refractivity contribution in [2.75, 3.05) is 19.8 Å². The molecular formula is C15H20N2O2. The third-order valence-electron chi connectivity index (χ3n) is 2.94. The van der Waals surface area contributed by atoms with Crippen LogP contribution >= 0.6 is 0 Å². The molecule has 102 valence electrons. The minimum Gasteiger partial charge on any atom is -0.490 e. The molecule has 0 aliphatic rings. The van der Waals surface area contributed by atoms with Gasteiger partial charge in [-0.1, -0.05) is 25.1 Å². The number of ether oxygens (including phenoxy) is 1. The molecule has 4 nitrogen and oxygen atoms in total. The fraction of sp³-hybridized carbons (Fsp3) is 0.400. The summed E-state index contributed by atoms with van der Waals surface area (Å²) in [6, 6.07) is 9.74. The number of nitrogens with one attached hydrogen (secondary N) is 1. The first-order valence-electron chi connectivity index (χ1n) is 6.66. The van der Waals surface area contributed by atoms with Gasteiger partial charge in [-0.25, -0.2) is 0 Å². The molecule has 0 bridgehead atoms. The Morgan fingerprint density at radius 3 is 2.95 bits per heavy atom. The Labute approximate surface area is 113 Å². The quantitative estimate of drug-likeness (QED) is 0.799. The van der Waals surface area contributed by atoms with E-state index in [0.29, 0.717) is 6.61 Å². The summed E-state index contributed by atoms with van der Waals surface area (Å²) in [6.07, 6.45) is 2.79. The van der Waals surface area contributed by atoms with Crippen molar-refractivity contribution in [3.05, 3.63) is 36.5 Å². The second-order valence-electron chi connectivity index (χ2n) is 4.48. The van der Waals surface area contributed by atoms with Gasteiger partial charge in [-0.3, -0.25) is 4.98 Å².